The van der Waals surface area contributed by atoms with Gasteiger partial charge in [0.15, 0.2) is 0 Å². The van der Waals surface area contributed by atoms with Gasteiger partial charge in [0, 0.05) is 19.1 Å². The van der Waals surface area contributed by atoms with Crippen molar-refractivity contribution < 1.29 is 14.3 Å². The van der Waals surface area contributed by atoms with Crippen molar-refractivity contribution in [2.45, 2.75) is 57.4 Å². The molecule has 4 nitrogen and oxygen atoms in total. The second-order valence-corrected chi connectivity index (χ2v) is 5.29. The zero-order valence-electron chi connectivity index (χ0n) is 9.58. The van der Waals surface area contributed by atoms with E-state index in [4.69, 9.17) is 9.47 Å². The molecule has 0 aromatic carbocycles. The summed E-state index contributed by atoms with van der Waals surface area (Å²) in [7, 11) is 0. The van der Waals surface area contributed by atoms with Crippen molar-refractivity contribution in [3.63, 3.8) is 0 Å². The molecule has 0 aromatic rings. The highest BCUT2D eigenvalue weighted by Gasteiger charge is 2.42. The van der Waals surface area contributed by atoms with E-state index >= 15 is 0 Å². The third-order valence-electron chi connectivity index (χ3n) is 2.78. The molecule has 4 heteroatoms. The van der Waals surface area contributed by atoms with Crippen LogP contribution < -0.4 is 5.32 Å². The molecule has 2 aliphatic rings. The van der Waals surface area contributed by atoms with Gasteiger partial charge in [0.2, 0.25) is 0 Å². The Hall–Kier alpha value is -0.610. The predicted octanol–water partition coefficient (Wildman–Crippen LogP) is 0.847. The molecule has 0 amide bonds. The van der Waals surface area contributed by atoms with Crippen LogP contribution in [0.4, 0.5) is 0 Å². The Bertz CT molecular complexity index is 247. The van der Waals surface area contributed by atoms with Gasteiger partial charge < -0.3 is 9.47 Å². The number of carbonyl (C=O) groups is 1. The summed E-state index contributed by atoms with van der Waals surface area (Å²) in [4.78, 5) is 11.8. The fraction of sp³-hybridized carbons (Fsp3) is 0.909. The van der Waals surface area contributed by atoms with Gasteiger partial charge in [-0.3, -0.25) is 10.1 Å². The summed E-state index contributed by atoms with van der Waals surface area (Å²) in [6.45, 7) is 6.47. The number of hydrogen-bond acceptors (Lipinski definition) is 4. The van der Waals surface area contributed by atoms with Gasteiger partial charge in [0.1, 0.15) is 11.6 Å². The molecule has 1 N–H and O–H groups in total. The summed E-state index contributed by atoms with van der Waals surface area (Å²) >= 11 is 0. The SMILES string of the molecule is CC(C)(C)OC(=O)C1C[C@@H]2OCC[C@@H]2N1. The van der Waals surface area contributed by atoms with E-state index < -0.39 is 5.60 Å². The van der Waals surface area contributed by atoms with Crippen LogP contribution in [0.1, 0.15) is 33.6 Å². The van der Waals surface area contributed by atoms with Crippen molar-refractivity contribution in [1.29, 1.82) is 0 Å². The van der Waals surface area contributed by atoms with Gasteiger partial charge in [0.25, 0.3) is 0 Å². The third kappa shape index (κ3) is 2.49. The summed E-state index contributed by atoms with van der Waals surface area (Å²) in [5.74, 6) is -0.152. The van der Waals surface area contributed by atoms with Crippen molar-refractivity contribution in [2.24, 2.45) is 0 Å². The summed E-state index contributed by atoms with van der Waals surface area (Å²) in [6, 6.07) is 0.169. The lowest BCUT2D eigenvalue weighted by molar-refractivity contribution is -0.157. The van der Waals surface area contributed by atoms with E-state index in [9.17, 15) is 4.79 Å². The highest BCUT2D eigenvalue weighted by Crippen LogP contribution is 2.26. The van der Waals surface area contributed by atoms with Gasteiger partial charge in [0.05, 0.1) is 6.10 Å². The van der Waals surface area contributed by atoms with E-state index in [0.717, 1.165) is 19.4 Å². The number of ether oxygens (including phenoxy) is 2. The molecule has 86 valence electrons. The van der Waals surface area contributed by atoms with Crippen molar-refractivity contribution >= 4 is 5.97 Å². The van der Waals surface area contributed by atoms with E-state index in [0.29, 0.717) is 6.04 Å². The number of rotatable bonds is 1. The zero-order valence-corrected chi connectivity index (χ0v) is 9.58. The number of fused-ring (bicyclic) bond motifs is 1. The van der Waals surface area contributed by atoms with Gasteiger partial charge >= 0.3 is 5.97 Å². The van der Waals surface area contributed by atoms with Gasteiger partial charge in [-0.1, -0.05) is 0 Å². The minimum Gasteiger partial charge on any atom is -0.459 e. The molecule has 3 atom stereocenters. The molecule has 0 bridgehead atoms. The minimum atomic E-state index is -0.405. The Kier molecular flexibility index (Phi) is 2.73. The smallest absolute Gasteiger partial charge is 0.323 e. The first-order valence-corrected chi connectivity index (χ1v) is 5.56. The predicted molar refractivity (Wildman–Crippen MR) is 55.5 cm³/mol. The van der Waals surface area contributed by atoms with Crippen LogP contribution in [0.5, 0.6) is 0 Å². The van der Waals surface area contributed by atoms with Crippen LogP contribution in [0, 0.1) is 0 Å². The lowest BCUT2D eigenvalue weighted by Crippen LogP contribution is -2.40. The highest BCUT2D eigenvalue weighted by molar-refractivity contribution is 5.76. The van der Waals surface area contributed by atoms with Crippen LogP contribution in [0.15, 0.2) is 0 Å². The summed E-state index contributed by atoms with van der Waals surface area (Å²) < 4.78 is 10.8. The van der Waals surface area contributed by atoms with Crippen LogP contribution in [0.2, 0.25) is 0 Å². The zero-order chi connectivity index (χ0) is 11.1. The van der Waals surface area contributed by atoms with Gasteiger partial charge in [-0.2, -0.15) is 0 Å². The molecule has 0 saturated carbocycles. The maximum Gasteiger partial charge on any atom is 0.323 e. The molecular formula is C11H19NO3. The van der Waals surface area contributed by atoms with Crippen LogP contribution >= 0.6 is 0 Å². The third-order valence-corrected chi connectivity index (χ3v) is 2.78. The largest absolute Gasteiger partial charge is 0.459 e. The van der Waals surface area contributed by atoms with Crippen molar-refractivity contribution in [2.75, 3.05) is 6.61 Å². The molecule has 2 saturated heterocycles. The van der Waals surface area contributed by atoms with Crippen LogP contribution in [-0.4, -0.2) is 36.4 Å². The van der Waals surface area contributed by atoms with Crippen LogP contribution in [-0.2, 0) is 14.3 Å². The average Bonchev–Trinajstić information content (AvgIpc) is 2.56. The lowest BCUT2D eigenvalue weighted by atomic mass is 10.1. The monoisotopic (exact) mass is 213 g/mol. The topological polar surface area (TPSA) is 47.6 Å². The van der Waals surface area contributed by atoms with Crippen molar-refractivity contribution in [3.05, 3.63) is 0 Å². The molecule has 0 spiro atoms. The molecular weight excluding hydrogens is 194 g/mol. The van der Waals surface area contributed by atoms with Crippen LogP contribution in [0.25, 0.3) is 0 Å². The normalized spacial score (nSPS) is 35.3. The molecule has 0 aromatic heterocycles. The first kappa shape index (κ1) is 10.9. The molecule has 1 unspecified atom stereocenters. The molecule has 15 heavy (non-hydrogen) atoms. The summed E-state index contributed by atoms with van der Waals surface area (Å²) in [5.41, 5.74) is -0.405. The van der Waals surface area contributed by atoms with E-state index in [1.807, 2.05) is 20.8 Å². The fourth-order valence-electron chi connectivity index (χ4n) is 2.17. The van der Waals surface area contributed by atoms with E-state index in [2.05, 4.69) is 5.32 Å². The quantitative estimate of drug-likeness (QED) is 0.656. The molecule has 0 radical (unpaired) electrons. The van der Waals surface area contributed by atoms with Crippen molar-refractivity contribution in [1.82, 2.24) is 5.32 Å². The Labute approximate surface area is 90.3 Å². The fourth-order valence-corrected chi connectivity index (χ4v) is 2.17. The van der Waals surface area contributed by atoms with E-state index in [1.165, 1.54) is 0 Å². The maximum atomic E-state index is 11.8. The second kappa shape index (κ2) is 3.76. The molecule has 2 rings (SSSR count). The average molecular weight is 213 g/mol. The highest BCUT2D eigenvalue weighted by atomic mass is 16.6. The Morgan fingerprint density at radius 1 is 1.47 bits per heavy atom. The first-order chi connectivity index (χ1) is 6.96. The number of hydrogen-bond donors (Lipinski definition) is 1. The summed E-state index contributed by atoms with van der Waals surface area (Å²) in [6.07, 6.45) is 1.96. The van der Waals surface area contributed by atoms with Gasteiger partial charge in [-0.05, 0) is 27.2 Å². The molecule has 2 heterocycles. The van der Waals surface area contributed by atoms with E-state index in [1.54, 1.807) is 0 Å². The second-order valence-electron chi connectivity index (χ2n) is 5.29. The standard InChI is InChI=1S/C11H19NO3/c1-11(2,3)15-10(13)8-6-9-7(12-8)4-5-14-9/h7-9,12H,4-6H2,1-3H3/t7-,8?,9-/m0/s1. The lowest BCUT2D eigenvalue weighted by Gasteiger charge is -2.22. The number of esters is 1. The van der Waals surface area contributed by atoms with Crippen molar-refractivity contribution in [3.8, 4) is 0 Å². The molecule has 2 aliphatic heterocycles. The number of carbonyl (C=O) groups excluding carboxylic acids is 1. The van der Waals surface area contributed by atoms with Gasteiger partial charge in [-0.25, -0.2) is 0 Å². The Morgan fingerprint density at radius 3 is 2.80 bits per heavy atom. The summed E-state index contributed by atoms with van der Waals surface area (Å²) in [5, 5.41) is 3.28. The Balaban J connectivity index is 1.88. The molecule has 0 aliphatic carbocycles. The van der Waals surface area contributed by atoms with Crippen LogP contribution in [0.3, 0.4) is 0 Å². The number of nitrogens with one attached hydrogen (secondary N) is 1. The van der Waals surface area contributed by atoms with Gasteiger partial charge in [-0.15, -0.1) is 0 Å². The first-order valence-electron chi connectivity index (χ1n) is 5.56. The van der Waals surface area contributed by atoms with E-state index in [-0.39, 0.29) is 18.1 Å². The molecule has 2 fully saturated rings. The minimum absolute atomic E-state index is 0.152. The Morgan fingerprint density at radius 2 is 2.20 bits per heavy atom. The maximum absolute atomic E-state index is 11.8.